The molecule has 0 radical (unpaired) electrons. The second kappa shape index (κ2) is 16.5. The SMILES string of the molecule is CCCCC[C@@H]1C(=O)C[C@H](c2cc(OC)c(O)cc2CO)[C@H](Cc2ccccc2)C#C[C@@H](CO)[C@H](Cc2ccc(O)c(O)c2)[C@H]1O. The summed E-state index contributed by atoms with van der Waals surface area (Å²) in [7, 11) is 1.44. The third-order valence-corrected chi connectivity index (χ3v) is 9.28. The van der Waals surface area contributed by atoms with Crippen molar-refractivity contribution in [2.75, 3.05) is 13.7 Å². The number of methoxy groups -OCH3 is 1. The van der Waals surface area contributed by atoms with E-state index in [4.69, 9.17) is 4.74 Å². The molecule has 6 atom stereocenters. The molecule has 0 unspecified atom stereocenters. The van der Waals surface area contributed by atoms with Gasteiger partial charge in [0, 0.05) is 36.0 Å². The minimum absolute atomic E-state index is 0.0392. The topological polar surface area (TPSA) is 148 Å². The molecule has 0 heterocycles. The molecule has 0 amide bonds. The van der Waals surface area contributed by atoms with Crippen molar-refractivity contribution < 1.29 is 40.2 Å². The third kappa shape index (κ3) is 8.41. The van der Waals surface area contributed by atoms with E-state index in [1.807, 2.05) is 30.3 Å². The van der Waals surface area contributed by atoms with E-state index in [1.165, 1.54) is 25.3 Å². The van der Waals surface area contributed by atoms with Gasteiger partial charge in [0.2, 0.25) is 0 Å². The summed E-state index contributed by atoms with van der Waals surface area (Å²) in [5, 5.41) is 63.5. The molecule has 246 valence electrons. The molecule has 0 fully saturated rings. The molecule has 0 saturated carbocycles. The van der Waals surface area contributed by atoms with Crippen molar-refractivity contribution in [2.24, 2.45) is 23.7 Å². The Bertz CT molecular complexity index is 1510. The summed E-state index contributed by atoms with van der Waals surface area (Å²) in [4.78, 5) is 14.4. The molecule has 0 spiro atoms. The first-order valence-corrected chi connectivity index (χ1v) is 16.1. The molecule has 0 aromatic heterocycles. The van der Waals surface area contributed by atoms with Crippen molar-refractivity contribution in [1.82, 2.24) is 0 Å². The standard InChI is InChI=1S/C38H46O8/c1-3-4-6-11-29-34(42)20-30(31-21-37(46-2)36(44)19-28(31)23-40)26(16-24-9-7-5-8-10-24)13-14-27(22-39)32(38(29)45)17-25-12-15-33(41)35(43)18-25/h5,7-10,12,15,18-19,21,26-27,29-30,32,38-41,43-45H,3-4,6,11,16-17,20,22-23H2,1-2H3/t26-,27-,29+,30-,32-,38-/m0/s1. The smallest absolute Gasteiger partial charge is 0.160 e. The van der Waals surface area contributed by atoms with Crippen molar-refractivity contribution in [1.29, 1.82) is 0 Å². The first-order valence-electron chi connectivity index (χ1n) is 16.1. The van der Waals surface area contributed by atoms with Crippen LogP contribution in [0.25, 0.3) is 0 Å². The van der Waals surface area contributed by atoms with E-state index < -0.39 is 35.7 Å². The molecule has 4 rings (SSSR count). The van der Waals surface area contributed by atoms with Crippen LogP contribution in [-0.4, -0.2) is 56.2 Å². The lowest BCUT2D eigenvalue weighted by molar-refractivity contribution is -0.129. The largest absolute Gasteiger partial charge is 0.504 e. The average Bonchev–Trinajstić information content (AvgIpc) is 3.06. The average molecular weight is 631 g/mol. The number of unbranched alkanes of at least 4 members (excludes halogenated alkanes) is 2. The Morgan fingerprint density at radius 2 is 1.59 bits per heavy atom. The maximum atomic E-state index is 14.4. The van der Waals surface area contributed by atoms with Crippen LogP contribution in [0.3, 0.4) is 0 Å². The van der Waals surface area contributed by atoms with Crippen LogP contribution in [0.2, 0.25) is 0 Å². The molecule has 3 aromatic rings. The Morgan fingerprint density at radius 1 is 0.848 bits per heavy atom. The normalized spacial score (nSPS) is 23.4. The Hall–Kier alpha value is -4.03. The molecule has 8 heteroatoms. The van der Waals surface area contributed by atoms with E-state index in [0.29, 0.717) is 29.5 Å². The lowest BCUT2D eigenvalue weighted by Gasteiger charge is -2.35. The van der Waals surface area contributed by atoms with Gasteiger partial charge in [-0.25, -0.2) is 0 Å². The summed E-state index contributed by atoms with van der Waals surface area (Å²) in [5.41, 5.74) is 2.74. The van der Waals surface area contributed by atoms with E-state index >= 15 is 0 Å². The fraction of sp³-hybridized carbons (Fsp3) is 0.447. The number of phenolic OH excluding ortho intramolecular Hbond substituents is 3. The summed E-state index contributed by atoms with van der Waals surface area (Å²) in [6.07, 6.45) is 2.63. The Balaban J connectivity index is 1.89. The Morgan fingerprint density at radius 3 is 2.24 bits per heavy atom. The molecule has 8 nitrogen and oxygen atoms in total. The van der Waals surface area contributed by atoms with Gasteiger partial charge in [0.1, 0.15) is 5.78 Å². The van der Waals surface area contributed by atoms with Gasteiger partial charge in [-0.3, -0.25) is 4.79 Å². The van der Waals surface area contributed by atoms with Crippen molar-refractivity contribution >= 4 is 5.78 Å². The van der Waals surface area contributed by atoms with Gasteiger partial charge in [-0.1, -0.05) is 74.4 Å². The number of phenols is 3. The zero-order valence-electron chi connectivity index (χ0n) is 26.6. The monoisotopic (exact) mass is 630 g/mol. The van der Waals surface area contributed by atoms with Gasteiger partial charge >= 0.3 is 0 Å². The van der Waals surface area contributed by atoms with Crippen molar-refractivity contribution in [2.45, 2.75) is 70.5 Å². The lowest BCUT2D eigenvalue weighted by Crippen LogP contribution is -2.41. The van der Waals surface area contributed by atoms with Crippen LogP contribution in [0.1, 0.15) is 67.2 Å². The van der Waals surface area contributed by atoms with Gasteiger partial charge in [0.25, 0.3) is 0 Å². The number of ether oxygens (including phenoxy) is 1. The van der Waals surface area contributed by atoms with Crippen molar-refractivity contribution in [3.05, 3.63) is 82.9 Å². The maximum absolute atomic E-state index is 14.4. The minimum atomic E-state index is -1.13. The van der Waals surface area contributed by atoms with Crippen LogP contribution < -0.4 is 4.74 Å². The van der Waals surface area contributed by atoms with Crippen LogP contribution in [0.15, 0.2) is 60.7 Å². The number of aliphatic hydroxyl groups excluding tert-OH is 3. The number of aliphatic hydroxyl groups is 3. The third-order valence-electron chi connectivity index (χ3n) is 9.28. The number of rotatable bonds is 12. The van der Waals surface area contributed by atoms with E-state index in [0.717, 1.165) is 24.8 Å². The summed E-state index contributed by atoms with van der Waals surface area (Å²) in [5.74, 6) is 3.08. The number of hydrogen-bond acceptors (Lipinski definition) is 8. The molecule has 1 aliphatic rings. The van der Waals surface area contributed by atoms with Crippen LogP contribution in [0.4, 0.5) is 0 Å². The van der Waals surface area contributed by atoms with Crippen LogP contribution in [0, 0.1) is 35.5 Å². The van der Waals surface area contributed by atoms with E-state index in [1.54, 1.807) is 12.1 Å². The second-order valence-electron chi connectivity index (χ2n) is 12.3. The molecule has 0 saturated heterocycles. The number of carbonyl (C=O) groups is 1. The summed E-state index contributed by atoms with van der Waals surface area (Å²) in [6.45, 7) is 1.35. The van der Waals surface area contributed by atoms with Crippen molar-refractivity contribution in [3.8, 4) is 34.8 Å². The van der Waals surface area contributed by atoms with E-state index in [-0.39, 0.29) is 54.8 Å². The number of carbonyl (C=O) groups excluding carboxylic acids is 1. The fourth-order valence-electron chi connectivity index (χ4n) is 6.68. The highest BCUT2D eigenvalue weighted by Gasteiger charge is 2.39. The molecule has 3 aromatic carbocycles. The van der Waals surface area contributed by atoms with Gasteiger partial charge in [0.15, 0.2) is 23.0 Å². The lowest BCUT2D eigenvalue weighted by atomic mass is 9.70. The fourth-order valence-corrected chi connectivity index (χ4v) is 6.68. The second-order valence-corrected chi connectivity index (χ2v) is 12.3. The Kier molecular flexibility index (Phi) is 12.5. The predicted molar refractivity (Wildman–Crippen MR) is 176 cm³/mol. The summed E-state index contributed by atoms with van der Waals surface area (Å²) < 4.78 is 5.42. The van der Waals surface area contributed by atoms with Crippen molar-refractivity contribution in [3.63, 3.8) is 0 Å². The number of Topliss-reactive ketones (excluding diaryl/α,β-unsaturated/α-hetero) is 1. The number of hydrogen-bond donors (Lipinski definition) is 6. The molecule has 1 aliphatic carbocycles. The highest BCUT2D eigenvalue weighted by molar-refractivity contribution is 5.83. The molecular weight excluding hydrogens is 584 g/mol. The molecule has 0 bridgehead atoms. The van der Waals surface area contributed by atoms with E-state index in [9.17, 15) is 35.4 Å². The summed E-state index contributed by atoms with van der Waals surface area (Å²) in [6, 6.07) is 17.4. The molecule has 0 aliphatic heterocycles. The van der Waals surface area contributed by atoms with Gasteiger partial charge in [-0.15, -0.1) is 0 Å². The number of benzene rings is 3. The summed E-state index contributed by atoms with van der Waals surface area (Å²) >= 11 is 0. The quantitative estimate of drug-likeness (QED) is 0.0904. The maximum Gasteiger partial charge on any atom is 0.160 e. The highest BCUT2D eigenvalue weighted by Crippen LogP contribution is 2.41. The first kappa shape index (κ1) is 34.8. The van der Waals surface area contributed by atoms with Crippen LogP contribution in [0.5, 0.6) is 23.0 Å². The van der Waals surface area contributed by atoms with Gasteiger partial charge in [-0.2, -0.15) is 0 Å². The molecule has 46 heavy (non-hydrogen) atoms. The zero-order chi connectivity index (χ0) is 33.2. The number of aromatic hydroxyl groups is 3. The predicted octanol–water partition coefficient (Wildman–Crippen LogP) is 5.25. The van der Waals surface area contributed by atoms with Gasteiger partial charge in [0.05, 0.1) is 26.4 Å². The zero-order valence-corrected chi connectivity index (χ0v) is 26.6. The van der Waals surface area contributed by atoms with E-state index in [2.05, 4.69) is 18.8 Å². The molecular formula is C38H46O8. The highest BCUT2D eigenvalue weighted by atomic mass is 16.5. The minimum Gasteiger partial charge on any atom is -0.504 e. The number of ketones is 1. The molecule has 6 N–H and O–H groups in total. The van der Waals surface area contributed by atoms with Gasteiger partial charge in [-0.05, 0) is 65.8 Å². The van der Waals surface area contributed by atoms with Crippen LogP contribution in [-0.2, 0) is 24.2 Å². The Labute approximate surface area is 271 Å². The van der Waals surface area contributed by atoms with Crippen LogP contribution >= 0.6 is 0 Å². The first-order chi connectivity index (χ1) is 22.2. The van der Waals surface area contributed by atoms with Gasteiger partial charge < -0.3 is 35.4 Å².